The van der Waals surface area contributed by atoms with Gasteiger partial charge in [0.15, 0.2) is 0 Å². The van der Waals surface area contributed by atoms with Gasteiger partial charge in [0.2, 0.25) is 5.91 Å². The van der Waals surface area contributed by atoms with Crippen LogP contribution in [0.5, 0.6) is 0 Å². The van der Waals surface area contributed by atoms with Gasteiger partial charge >= 0.3 is 12.1 Å². The zero-order chi connectivity index (χ0) is 37.1. The summed E-state index contributed by atoms with van der Waals surface area (Å²) in [5.74, 6) is -5.76. The van der Waals surface area contributed by atoms with Crippen molar-refractivity contribution in [2.24, 2.45) is 11.8 Å². The second-order valence-corrected chi connectivity index (χ2v) is 13.3. The van der Waals surface area contributed by atoms with E-state index in [-0.39, 0.29) is 55.2 Å². The molecule has 9 nitrogen and oxygen atoms in total. The zero-order valence-corrected chi connectivity index (χ0v) is 28.5. The number of carbonyl (C=O) groups is 3. The molecule has 50 heavy (non-hydrogen) atoms. The molecular formula is C36H41F5N4O5. The number of hydrogen-bond acceptors (Lipinski definition) is 5. The molecule has 0 spiro atoms. The predicted molar refractivity (Wildman–Crippen MR) is 177 cm³/mol. The zero-order valence-electron chi connectivity index (χ0n) is 28.5. The van der Waals surface area contributed by atoms with Crippen LogP contribution in [0.3, 0.4) is 0 Å². The number of aromatic nitrogens is 1. The summed E-state index contributed by atoms with van der Waals surface area (Å²) < 4.78 is 69.4. The molecule has 2 heterocycles. The lowest BCUT2D eigenvalue weighted by atomic mass is 9.90. The van der Waals surface area contributed by atoms with E-state index in [1.807, 2.05) is 0 Å². The predicted octanol–water partition coefficient (Wildman–Crippen LogP) is 5.69. The summed E-state index contributed by atoms with van der Waals surface area (Å²) in [6, 6.07) is 5.73. The summed E-state index contributed by atoms with van der Waals surface area (Å²) >= 11 is 0. The van der Waals surface area contributed by atoms with Crippen LogP contribution < -0.4 is 16.2 Å². The molecular weight excluding hydrogens is 663 g/mol. The van der Waals surface area contributed by atoms with Crippen LogP contribution in [-0.4, -0.2) is 64.2 Å². The molecule has 0 saturated carbocycles. The number of nitrogens with one attached hydrogen (secondary N) is 2. The number of carboxylic acids is 1. The number of alkyl halides is 3. The first-order valence-electron chi connectivity index (χ1n) is 16.2. The van der Waals surface area contributed by atoms with Crippen molar-refractivity contribution in [2.75, 3.05) is 19.6 Å². The third-order valence-electron chi connectivity index (χ3n) is 8.81. The first kappa shape index (κ1) is 38.2. The van der Waals surface area contributed by atoms with Crippen LogP contribution in [0.25, 0.3) is 11.1 Å². The van der Waals surface area contributed by atoms with Crippen LogP contribution in [0.1, 0.15) is 65.3 Å². The molecule has 0 radical (unpaired) electrons. The van der Waals surface area contributed by atoms with Crippen LogP contribution in [0.15, 0.2) is 47.4 Å². The lowest BCUT2D eigenvalue weighted by molar-refractivity contribution is -0.209. The SMILES string of the molecule is Cc1cc(-c2c(C)cc(F)cc2C)cc([C@H](CC(=O)O)NC(=O)[C@H](CC(C)C)NC(=O)c2cccn(CCN3CC(C(F)(F)F)C3)c2=O)c1F. The number of likely N-dealkylation sites (tertiary alicyclic amines) is 1. The van der Waals surface area contributed by atoms with Crippen LogP contribution in [0.4, 0.5) is 22.0 Å². The van der Waals surface area contributed by atoms with Crippen LogP contribution >= 0.6 is 0 Å². The second-order valence-electron chi connectivity index (χ2n) is 13.3. The Balaban J connectivity index is 1.56. The van der Waals surface area contributed by atoms with Gasteiger partial charge in [-0.2, -0.15) is 13.2 Å². The number of aryl methyl sites for hydroxylation is 3. The van der Waals surface area contributed by atoms with Gasteiger partial charge < -0.3 is 25.2 Å². The highest BCUT2D eigenvalue weighted by Gasteiger charge is 2.46. The maximum Gasteiger partial charge on any atom is 0.394 e. The van der Waals surface area contributed by atoms with Crippen molar-refractivity contribution in [3.05, 3.63) is 92.4 Å². The minimum Gasteiger partial charge on any atom is -0.481 e. The summed E-state index contributed by atoms with van der Waals surface area (Å²) in [6.45, 7) is 8.31. The number of rotatable bonds is 13. The van der Waals surface area contributed by atoms with E-state index in [4.69, 9.17) is 0 Å². The Morgan fingerprint density at radius 3 is 2.18 bits per heavy atom. The van der Waals surface area contributed by atoms with Crippen LogP contribution in [0, 0.1) is 44.2 Å². The molecule has 1 saturated heterocycles. The third kappa shape index (κ3) is 9.14. The Morgan fingerprint density at radius 2 is 1.60 bits per heavy atom. The number of benzene rings is 2. The summed E-state index contributed by atoms with van der Waals surface area (Å²) in [5.41, 5.74) is 1.35. The minimum absolute atomic E-state index is 0.0400. The van der Waals surface area contributed by atoms with Crippen molar-refractivity contribution >= 4 is 17.8 Å². The number of hydrogen-bond donors (Lipinski definition) is 3. The first-order valence-corrected chi connectivity index (χ1v) is 16.2. The van der Waals surface area contributed by atoms with Crippen molar-refractivity contribution in [3.63, 3.8) is 0 Å². The Bertz CT molecular complexity index is 1790. The average molecular weight is 705 g/mol. The highest BCUT2D eigenvalue weighted by atomic mass is 19.4. The summed E-state index contributed by atoms with van der Waals surface area (Å²) in [7, 11) is 0. The quantitative estimate of drug-likeness (QED) is 0.197. The van der Waals surface area contributed by atoms with Crippen LogP contribution in [0.2, 0.25) is 0 Å². The Morgan fingerprint density at radius 1 is 0.960 bits per heavy atom. The van der Waals surface area contributed by atoms with Gasteiger partial charge in [-0.1, -0.05) is 13.8 Å². The van der Waals surface area contributed by atoms with Gasteiger partial charge in [0.1, 0.15) is 23.2 Å². The minimum atomic E-state index is -4.28. The molecule has 4 rings (SSSR count). The molecule has 2 amide bonds. The standard InChI is InChI=1S/C36H41F5N4O5/c1-19(2)11-29(43-33(48)26-7-6-8-45(35(26)50)10-9-44-17-24(18-44)36(39,40)41)34(49)42-28(16-30(46)47)27-15-23(12-22(5)32(27)38)31-20(3)13-25(37)14-21(31)4/h6-8,12-15,19,24,28-29H,9-11,16-18H2,1-5H3,(H,42,49)(H,43,48)(H,46,47)/t28-,29-/m0/s1. The molecule has 0 unspecified atom stereocenters. The molecule has 0 bridgehead atoms. The third-order valence-corrected chi connectivity index (χ3v) is 8.81. The molecule has 1 aromatic heterocycles. The van der Waals surface area contributed by atoms with Gasteiger partial charge in [0, 0.05) is 37.9 Å². The number of pyridine rings is 1. The van der Waals surface area contributed by atoms with E-state index in [1.54, 1.807) is 38.7 Å². The van der Waals surface area contributed by atoms with Gasteiger partial charge in [0.05, 0.1) is 18.4 Å². The Labute approximate surface area is 286 Å². The summed E-state index contributed by atoms with van der Waals surface area (Å²) in [6.07, 6.45) is -3.48. The van der Waals surface area contributed by atoms with E-state index in [9.17, 15) is 41.8 Å². The van der Waals surface area contributed by atoms with Crippen molar-refractivity contribution in [1.29, 1.82) is 0 Å². The van der Waals surface area contributed by atoms with E-state index >= 15 is 4.39 Å². The molecule has 1 aliphatic rings. The fourth-order valence-corrected chi connectivity index (χ4v) is 6.28. The number of amides is 2. The molecule has 2 aromatic carbocycles. The molecule has 0 aliphatic carbocycles. The molecule has 3 N–H and O–H groups in total. The van der Waals surface area contributed by atoms with Gasteiger partial charge in [-0.3, -0.25) is 19.2 Å². The molecule has 270 valence electrons. The normalized spacial score (nSPS) is 15.0. The highest BCUT2D eigenvalue weighted by Crippen LogP contribution is 2.35. The largest absolute Gasteiger partial charge is 0.481 e. The first-order chi connectivity index (χ1) is 23.3. The average Bonchev–Trinajstić information content (AvgIpc) is 2.96. The number of nitrogens with zero attached hydrogens (tertiary/aromatic N) is 2. The van der Waals surface area contributed by atoms with E-state index in [0.717, 1.165) is 0 Å². The fraction of sp³-hybridized carbons (Fsp3) is 0.444. The monoisotopic (exact) mass is 704 g/mol. The summed E-state index contributed by atoms with van der Waals surface area (Å²) in [4.78, 5) is 53.8. The molecule has 2 atom stereocenters. The number of halogens is 5. The number of aliphatic carboxylic acids is 1. The van der Waals surface area contributed by atoms with Gasteiger partial charge in [-0.05, 0) is 97.3 Å². The van der Waals surface area contributed by atoms with E-state index in [2.05, 4.69) is 10.6 Å². The van der Waals surface area contributed by atoms with Gasteiger partial charge in [0.25, 0.3) is 11.5 Å². The van der Waals surface area contributed by atoms with E-state index in [1.165, 1.54) is 48.0 Å². The van der Waals surface area contributed by atoms with Crippen LogP contribution in [-0.2, 0) is 16.1 Å². The highest BCUT2D eigenvalue weighted by molar-refractivity contribution is 5.97. The molecule has 1 aliphatic heterocycles. The van der Waals surface area contributed by atoms with Gasteiger partial charge in [-0.15, -0.1) is 0 Å². The van der Waals surface area contributed by atoms with Crippen molar-refractivity contribution in [3.8, 4) is 11.1 Å². The maximum atomic E-state index is 15.7. The Hall–Kier alpha value is -4.59. The van der Waals surface area contributed by atoms with Crippen molar-refractivity contribution < 1.29 is 41.4 Å². The number of carboxylic acid groups (broad SMARTS) is 1. The van der Waals surface area contributed by atoms with Crippen molar-refractivity contribution in [2.45, 2.75) is 72.3 Å². The summed E-state index contributed by atoms with van der Waals surface area (Å²) in [5, 5.41) is 14.9. The second kappa shape index (κ2) is 15.5. The van der Waals surface area contributed by atoms with Crippen molar-refractivity contribution in [1.82, 2.24) is 20.1 Å². The molecule has 1 fully saturated rings. The topological polar surface area (TPSA) is 121 Å². The molecule has 14 heteroatoms. The maximum absolute atomic E-state index is 15.7. The lowest BCUT2D eigenvalue weighted by Gasteiger charge is -2.40. The van der Waals surface area contributed by atoms with E-state index < -0.39 is 65.6 Å². The number of carbonyl (C=O) groups excluding carboxylic acids is 2. The smallest absolute Gasteiger partial charge is 0.394 e. The van der Waals surface area contributed by atoms with Gasteiger partial charge in [-0.25, -0.2) is 8.78 Å². The molecule has 3 aromatic rings. The Kier molecular flexibility index (Phi) is 11.9. The lowest BCUT2D eigenvalue weighted by Crippen LogP contribution is -2.54. The fourth-order valence-electron chi connectivity index (χ4n) is 6.28. The van der Waals surface area contributed by atoms with E-state index in [0.29, 0.717) is 22.3 Å².